The van der Waals surface area contributed by atoms with Crippen molar-refractivity contribution in [3.05, 3.63) is 108 Å². The molecule has 252 valence electrons. The first kappa shape index (κ1) is 39.6. The molecule has 0 aromatic heterocycles. The van der Waals surface area contributed by atoms with Gasteiger partial charge in [-0.1, -0.05) is 57.8 Å². The first-order valence-corrected chi connectivity index (χ1v) is 20.3. The molecule has 2 unspecified atom stereocenters. The maximum atomic E-state index is 10.5. The number of hydrogen-bond donors (Lipinski definition) is 2. The van der Waals surface area contributed by atoms with E-state index in [1.165, 1.54) is 0 Å². The van der Waals surface area contributed by atoms with Crippen LogP contribution in [-0.2, 0) is 5.41 Å². The molecule has 14 heteroatoms. The molecule has 0 fully saturated rings. The molecule has 4 aromatic rings. The number of benzene rings is 4. The third-order valence-electron chi connectivity index (χ3n) is 6.95. The normalized spacial score (nSPS) is 12.9. The number of aliphatic hydroxyl groups excluding tert-OH is 2. The van der Waals surface area contributed by atoms with Crippen LogP contribution in [0, 0.1) is 0 Å². The highest BCUT2D eigenvalue weighted by Crippen LogP contribution is 2.45. The Balaban J connectivity index is 1.39. The van der Waals surface area contributed by atoms with E-state index in [9.17, 15) is 10.2 Å². The van der Waals surface area contributed by atoms with Crippen LogP contribution in [0.15, 0.2) is 96.4 Å². The number of halogens is 8. The van der Waals surface area contributed by atoms with Gasteiger partial charge in [-0.2, -0.15) is 0 Å². The second-order valence-corrected chi connectivity index (χ2v) is 17.5. The van der Waals surface area contributed by atoms with Gasteiger partial charge in [0.2, 0.25) is 0 Å². The monoisotopic (exact) mass is 1150 g/mol. The predicted molar refractivity (Wildman–Crippen MR) is 213 cm³/mol. The average molecular weight is 1160 g/mol. The summed E-state index contributed by atoms with van der Waals surface area (Å²) in [6.45, 7) is 4.46. The number of aliphatic hydroxyl groups is 2. The van der Waals surface area contributed by atoms with Crippen molar-refractivity contribution in [3.63, 3.8) is 0 Å². The van der Waals surface area contributed by atoms with Gasteiger partial charge in [0, 0.05) is 23.3 Å². The van der Waals surface area contributed by atoms with Gasteiger partial charge in [-0.15, -0.1) is 0 Å². The van der Waals surface area contributed by atoms with Crippen LogP contribution in [0.5, 0.6) is 23.0 Å². The number of ether oxygens (including phenoxy) is 4. The lowest BCUT2D eigenvalue weighted by atomic mass is 9.78. The summed E-state index contributed by atoms with van der Waals surface area (Å²) < 4.78 is 29.9. The first-order valence-electron chi connectivity index (χ1n) is 13.9. The van der Waals surface area contributed by atoms with Gasteiger partial charge in [-0.3, -0.25) is 0 Å². The van der Waals surface area contributed by atoms with Gasteiger partial charge in [0.05, 0.1) is 17.9 Å². The van der Waals surface area contributed by atoms with Crippen LogP contribution in [-0.4, -0.2) is 48.8 Å². The lowest BCUT2D eigenvalue weighted by Crippen LogP contribution is -2.25. The van der Waals surface area contributed by atoms with E-state index in [4.69, 9.17) is 18.9 Å². The van der Waals surface area contributed by atoms with Gasteiger partial charge in [0.25, 0.3) is 0 Å². The van der Waals surface area contributed by atoms with E-state index >= 15 is 0 Å². The molecule has 2 atom stereocenters. The van der Waals surface area contributed by atoms with Crippen LogP contribution in [0.1, 0.15) is 25.0 Å². The summed E-state index contributed by atoms with van der Waals surface area (Å²) in [7, 11) is 0. The zero-order valence-corrected chi connectivity index (χ0v) is 37.5. The maximum absolute atomic E-state index is 10.5. The van der Waals surface area contributed by atoms with Gasteiger partial charge in [0.1, 0.15) is 61.6 Å². The van der Waals surface area contributed by atoms with E-state index in [1.807, 2.05) is 60.7 Å². The van der Waals surface area contributed by atoms with Crippen LogP contribution >= 0.6 is 127 Å². The minimum Gasteiger partial charge on any atom is -0.490 e. The highest BCUT2D eigenvalue weighted by molar-refractivity contribution is 9.13. The van der Waals surface area contributed by atoms with Crippen molar-refractivity contribution in [2.45, 2.75) is 31.5 Å². The van der Waals surface area contributed by atoms with Crippen molar-refractivity contribution >= 4 is 127 Å². The minimum atomic E-state index is -0.848. The summed E-state index contributed by atoms with van der Waals surface area (Å²) in [6.07, 6.45) is -1.70. The van der Waals surface area contributed by atoms with E-state index in [2.05, 4.69) is 141 Å². The first-order chi connectivity index (χ1) is 22.2. The summed E-state index contributed by atoms with van der Waals surface area (Å²) in [5, 5.41) is 21.0. The van der Waals surface area contributed by atoms with E-state index < -0.39 is 17.6 Å². The Bertz CT molecular complexity index is 1590. The van der Waals surface area contributed by atoms with Gasteiger partial charge >= 0.3 is 0 Å². The van der Waals surface area contributed by atoms with Crippen molar-refractivity contribution in [1.82, 2.24) is 0 Å². The second-order valence-electron chi connectivity index (χ2n) is 10.8. The standard InChI is InChI=1S/C33H28Br8O6/c1-33(2,19-9-25(38)29(11-23(19)36)46-15-17(42)13-44-27-7-3-5-21(34)31(27)40)20-10-26(39)30(12-24(20)37)47-16-18(43)14-45-28-8-4-6-22(35)32(28)41/h3-12,17-18,42-43H,13-16H2,1-2H3. The quantitative estimate of drug-likeness (QED) is 0.131. The summed E-state index contributed by atoms with van der Waals surface area (Å²) in [6, 6.07) is 18.9. The molecule has 2 N–H and O–H groups in total. The summed E-state index contributed by atoms with van der Waals surface area (Å²) >= 11 is 28.6. The molecule has 0 aliphatic heterocycles. The van der Waals surface area contributed by atoms with Crippen molar-refractivity contribution < 1.29 is 29.2 Å². The molecule has 0 aliphatic rings. The van der Waals surface area contributed by atoms with Gasteiger partial charge in [-0.05, 0) is 155 Å². The molecule has 0 spiro atoms. The van der Waals surface area contributed by atoms with Crippen molar-refractivity contribution in [1.29, 1.82) is 0 Å². The predicted octanol–water partition coefficient (Wildman–Crippen LogP) is 11.7. The molecule has 4 aromatic carbocycles. The van der Waals surface area contributed by atoms with Crippen LogP contribution in [0.25, 0.3) is 0 Å². The zero-order chi connectivity index (χ0) is 34.5. The van der Waals surface area contributed by atoms with Crippen LogP contribution < -0.4 is 18.9 Å². The Hall–Kier alpha value is -0.160. The molecule has 0 bridgehead atoms. The van der Waals surface area contributed by atoms with Gasteiger partial charge in [-0.25, -0.2) is 0 Å². The molecule has 47 heavy (non-hydrogen) atoms. The molecular weight excluding hydrogens is 1130 g/mol. The van der Waals surface area contributed by atoms with Crippen molar-refractivity contribution in [2.75, 3.05) is 26.4 Å². The Labute approximate surface area is 341 Å². The Morgan fingerprint density at radius 2 is 0.830 bits per heavy atom. The summed E-state index contributed by atoms with van der Waals surface area (Å²) in [4.78, 5) is 0. The van der Waals surface area contributed by atoms with Gasteiger partial charge < -0.3 is 29.2 Å². The topological polar surface area (TPSA) is 77.4 Å². The third-order valence-corrected chi connectivity index (χ3v) is 13.5. The van der Waals surface area contributed by atoms with Crippen LogP contribution in [0.3, 0.4) is 0 Å². The van der Waals surface area contributed by atoms with Crippen LogP contribution in [0.2, 0.25) is 0 Å². The number of rotatable bonds is 14. The largest absolute Gasteiger partial charge is 0.490 e. The lowest BCUT2D eigenvalue weighted by Gasteiger charge is -2.30. The molecule has 0 radical (unpaired) electrons. The second kappa shape index (κ2) is 17.9. The van der Waals surface area contributed by atoms with Gasteiger partial charge in [0.15, 0.2) is 0 Å². The summed E-state index contributed by atoms with van der Waals surface area (Å²) in [5.41, 5.74) is 1.55. The Morgan fingerprint density at radius 1 is 0.489 bits per heavy atom. The highest BCUT2D eigenvalue weighted by atomic mass is 79.9. The van der Waals surface area contributed by atoms with Crippen LogP contribution in [0.4, 0.5) is 0 Å². The molecule has 0 amide bonds. The lowest BCUT2D eigenvalue weighted by molar-refractivity contribution is 0.0620. The molecule has 4 rings (SSSR count). The Kier molecular flexibility index (Phi) is 15.1. The maximum Gasteiger partial charge on any atom is 0.134 e. The molecule has 6 nitrogen and oxygen atoms in total. The van der Waals surface area contributed by atoms with Crippen molar-refractivity contribution in [3.8, 4) is 23.0 Å². The van der Waals surface area contributed by atoms with E-state index in [0.717, 1.165) is 46.9 Å². The van der Waals surface area contributed by atoms with E-state index in [1.54, 1.807) is 0 Å². The minimum absolute atomic E-state index is 0.0434. The molecule has 0 heterocycles. The fraction of sp³-hybridized carbons (Fsp3) is 0.273. The van der Waals surface area contributed by atoms with E-state index in [-0.39, 0.29) is 26.4 Å². The fourth-order valence-corrected chi connectivity index (χ4v) is 8.42. The molecule has 0 saturated heterocycles. The molecule has 0 saturated carbocycles. The Morgan fingerprint density at radius 3 is 1.19 bits per heavy atom. The zero-order valence-electron chi connectivity index (χ0n) is 24.8. The van der Waals surface area contributed by atoms with E-state index in [0.29, 0.717) is 23.0 Å². The number of hydrogen-bond acceptors (Lipinski definition) is 6. The molecule has 0 aliphatic carbocycles. The highest BCUT2D eigenvalue weighted by Gasteiger charge is 2.30. The molecular formula is C33H28Br8O6. The SMILES string of the molecule is CC(C)(c1cc(Br)c(OCC(O)COc2cccc(Br)c2Br)cc1Br)c1cc(Br)c(OCC(O)COc2cccc(Br)c2Br)cc1Br. The average Bonchev–Trinajstić information content (AvgIpc) is 3.02. The smallest absolute Gasteiger partial charge is 0.134 e. The third kappa shape index (κ3) is 10.4. The fourth-order valence-electron chi connectivity index (χ4n) is 4.41. The van der Waals surface area contributed by atoms with Crippen molar-refractivity contribution in [2.24, 2.45) is 0 Å². The summed E-state index contributed by atoms with van der Waals surface area (Å²) in [5.74, 6) is 2.41.